The van der Waals surface area contributed by atoms with E-state index in [4.69, 9.17) is 9.72 Å². The lowest BCUT2D eigenvalue weighted by Gasteiger charge is -2.22. The Morgan fingerprint density at radius 1 is 1.00 bits per heavy atom. The third-order valence-corrected chi connectivity index (χ3v) is 6.58. The number of halogens is 1. The number of benzene rings is 2. The molecule has 3 rings (SSSR count). The molecule has 218 valence electrons. The number of alkyl carbamates (subject to hydrolysis) is 1. The van der Waals surface area contributed by atoms with Crippen molar-refractivity contribution in [2.75, 3.05) is 43.5 Å². The fourth-order valence-electron chi connectivity index (χ4n) is 4.80. The highest BCUT2D eigenvalue weighted by molar-refractivity contribution is 5.76. The van der Waals surface area contributed by atoms with E-state index in [2.05, 4.69) is 67.3 Å². The summed E-state index contributed by atoms with van der Waals surface area (Å²) in [6.45, 7) is 11.9. The lowest BCUT2D eigenvalue weighted by molar-refractivity contribution is 0.0513. The van der Waals surface area contributed by atoms with Crippen LogP contribution in [0.5, 0.6) is 0 Å². The zero-order chi connectivity index (χ0) is 29.3. The van der Waals surface area contributed by atoms with Crippen LogP contribution < -0.4 is 15.1 Å². The first-order chi connectivity index (χ1) is 19.0. The second kappa shape index (κ2) is 14.2. The summed E-state index contributed by atoms with van der Waals surface area (Å²) in [7, 11) is 4.18. The second-order valence-corrected chi connectivity index (χ2v) is 11.3. The molecule has 0 aliphatic carbocycles. The first-order valence-corrected chi connectivity index (χ1v) is 14.3. The maximum absolute atomic E-state index is 15.3. The molecular weight excluding hydrogens is 505 g/mol. The second-order valence-electron chi connectivity index (χ2n) is 11.3. The molecule has 1 heterocycles. The largest absolute Gasteiger partial charge is 0.444 e. The minimum atomic E-state index is -1.32. The summed E-state index contributed by atoms with van der Waals surface area (Å²) in [5, 5.41) is 2.56. The fraction of sp³-hybridized carbons (Fsp3) is 0.500. The average molecular weight is 552 g/mol. The van der Waals surface area contributed by atoms with Crippen molar-refractivity contribution in [1.82, 2.24) is 14.9 Å². The molecule has 8 heteroatoms. The molecule has 2 aromatic carbocycles. The molecule has 40 heavy (non-hydrogen) atoms. The number of imidazole rings is 1. The van der Waals surface area contributed by atoms with Gasteiger partial charge in [-0.05, 0) is 51.3 Å². The van der Waals surface area contributed by atoms with Gasteiger partial charge in [-0.1, -0.05) is 50.2 Å². The van der Waals surface area contributed by atoms with Crippen LogP contribution in [0.4, 0.5) is 20.6 Å². The predicted molar refractivity (Wildman–Crippen MR) is 163 cm³/mol. The van der Waals surface area contributed by atoms with Crippen molar-refractivity contribution in [3.05, 3.63) is 66.1 Å². The molecule has 0 fully saturated rings. The number of alkyl halides is 1. The number of carbonyl (C=O) groups is 1. The molecule has 0 aliphatic rings. The number of hydrogen-bond donors (Lipinski definition) is 1. The highest BCUT2D eigenvalue weighted by atomic mass is 19.1. The highest BCUT2D eigenvalue weighted by Crippen LogP contribution is 2.31. The third kappa shape index (κ3) is 8.73. The van der Waals surface area contributed by atoms with Gasteiger partial charge in [0, 0.05) is 56.7 Å². The summed E-state index contributed by atoms with van der Waals surface area (Å²) in [5.41, 5.74) is 4.56. The van der Waals surface area contributed by atoms with Crippen LogP contribution in [0.25, 0.3) is 11.3 Å². The van der Waals surface area contributed by atoms with E-state index in [0.29, 0.717) is 12.4 Å². The molecule has 0 spiro atoms. The van der Waals surface area contributed by atoms with Gasteiger partial charge in [0.1, 0.15) is 17.6 Å². The van der Waals surface area contributed by atoms with Gasteiger partial charge in [-0.25, -0.2) is 14.2 Å². The van der Waals surface area contributed by atoms with Crippen LogP contribution >= 0.6 is 0 Å². The van der Waals surface area contributed by atoms with E-state index in [1.54, 1.807) is 20.8 Å². The Bertz CT molecular complexity index is 1240. The van der Waals surface area contributed by atoms with Gasteiger partial charge < -0.3 is 24.4 Å². The molecule has 7 nitrogen and oxygen atoms in total. The average Bonchev–Trinajstić information content (AvgIpc) is 3.28. The molecule has 0 bridgehead atoms. The predicted octanol–water partition coefficient (Wildman–Crippen LogP) is 6.70. The van der Waals surface area contributed by atoms with Gasteiger partial charge >= 0.3 is 6.09 Å². The molecule has 3 aromatic rings. The number of amides is 1. The molecule has 1 aromatic heterocycles. The van der Waals surface area contributed by atoms with Crippen molar-refractivity contribution in [3.8, 4) is 11.3 Å². The Morgan fingerprint density at radius 2 is 1.60 bits per heavy atom. The number of rotatable bonds is 13. The molecule has 1 amide bonds. The summed E-state index contributed by atoms with van der Waals surface area (Å²) >= 11 is 0. The normalized spacial score (nSPS) is 12.2. The lowest BCUT2D eigenvalue weighted by atomic mass is 10.1. The number of ether oxygens (including phenoxy) is 1. The number of aromatic nitrogens is 2. The molecule has 0 saturated heterocycles. The summed E-state index contributed by atoms with van der Waals surface area (Å²) < 4.78 is 22.6. The Kier molecular flexibility index (Phi) is 11.0. The number of para-hydroxylation sites is 2. The quantitative estimate of drug-likeness (QED) is 0.256. The van der Waals surface area contributed by atoms with E-state index in [1.165, 1.54) is 0 Å². The third-order valence-electron chi connectivity index (χ3n) is 6.58. The van der Waals surface area contributed by atoms with Crippen molar-refractivity contribution < 1.29 is 13.9 Å². The number of nitrogens with one attached hydrogen (secondary N) is 1. The first-order valence-electron chi connectivity index (χ1n) is 14.3. The maximum atomic E-state index is 15.3. The number of hydrogen-bond acceptors (Lipinski definition) is 5. The van der Waals surface area contributed by atoms with E-state index in [-0.39, 0.29) is 13.0 Å². The van der Waals surface area contributed by atoms with Crippen molar-refractivity contribution >= 4 is 17.5 Å². The Labute approximate surface area is 239 Å². The fourth-order valence-corrected chi connectivity index (χ4v) is 4.80. The van der Waals surface area contributed by atoms with Crippen molar-refractivity contribution in [2.45, 2.75) is 72.2 Å². The zero-order valence-corrected chi connectivity index (χ0v) is 25.2. The maximum Gasteiger partial charge on any atom is 0.407 e. The summed E-state index contributed by atoms with van der Waals surface area (Å²) in [6.07, 6.45) is 2.22. The van der Waals surface area contributed by atoms with Crippen LogP contribution in [0, 0.1) is 0 Å². The molecule has 0 aliphatic heterocycles. The van der Waals surface area contributed by atoms with Crippen LogP contribution in [0.3, 0.4) is 0 Å². The van der Waals surface area contributed by atoms with Crippen LogP contribution in [0.15, 0.2) is 54.7 Å². The van der Waals surface area contributed by atoms with Crippen molar-refractivity contribution in [1.29, 1.82) is 0 Å². The summed E-state index contributed by atoms with van der Waals surface area (Å²) in [6, 6.07) is 16.5. The molecule has 1 N–H and O–H groups in total. The lowest BCUT2D eigenvalue weighted by Crippen LogP contribution is -2.36. The van der Waals surface area contributed by atoms with Gasteiger partial charge in [-0.15, -0.1) is 0 Å². The van der Waals surface area contributed by atoms with Crippen molar-refractivity contribution in [3.63, 3.8) is 0 Å². The first kappa shape index (κ1) is 31.0. The van der Waals surface area contributed by atoms with E-state index in [1.807, 2.05) is 35.0 Å². The highest BCUT2D eigenvalue weighted by Gasteiger charge is 2.21. The standard InChI is InChI=1S/C32H46FN5O2/c1-8-18-36(6)28-16-12-10-14-24(28)22-38-23-27(26-15-11-13-17-29(26)37(7)19-9-2)35-30(38)20-25(33)21-34-31(39)40-32(3,4)5/h10-17,23,25H,8-9,18-22H2,1-7H3,(H,34,39)/t25-/m0/s1. The Morgan fingerprint density at radius 3 is 2.25 bits per heavy atom. The van der Waals surface area contributed by atoms with Crippen LogP contribution in [0.1, 0.15) is 58.8 Å². The number of nitrogens with zero attached hydrogens (tertiary/aromatic N) is 4. The summed E-state index contributed by atoms with van der Waals surface area (Å²) in [4.78, 5) is 21.5. The minimum Gasteiger partial charge on any atom is -0.444 e. The number of carbonyl (C=O) groups excluding carboxylic acids is 1. The molecule has 1 atom stereocenters. The van der Waals surface area contributed by atoms with E-state index in [9.17, 15) is 4.79 Å². The molecule has 0 saturated carbocycles. The van der Waals surface area contributed by atoms with Gasteiger partial charge in [0.25, 0.3) is 0 Å². The van der Waals surface area contributed by atoms with Crippen molar-refractivity contribution in [2.24, 2.45) is 0 Å². The molecular formula is C32H46FN5O2. The molecule has 0 radical (unpaired) electrons. The van der Waals surface area contributed by atoms with Gasteiger partial charge in [0.05, 0.1) is 18.8 Å². The van der Waals surface area contributed by atoms with Gasteiger partial charge in [0.2, 0.25) is 0 Å². The van der Waals surface area contributed by atoms with E-state index < -0.39 is 17.9 Å². The van der Waals surface area contributed by atoms with Gasteiger partial charge in [-0.3, -0.25) is 0 Å². The number of anilines is 2. The zero-order valence-electron chi connectivity index (χ0n) is 25.2. The SMILES string of the molecule is CCCN(C)c1ccccc1Cn1cc(-c2ccccc2N(C)CCC)nc1C[C@H](F)CNC(=O)OC(C)(C)C. The Hall–Kier alpha value is -3.55. The van der Waals surface area contributed by atoms with E-state index in [0.717, 1.165) is 54.1 Å². The monoisotopic (exact) mass is 551 g/mol. The topological polar surface area (TPSA) is 62.6 Å². The molecule has 0 unspecified atom stereocenters. The van der Waals surface area contributed by atoms with Crippen LogP contribution in [-0.2, 0) is 17.7 Å². The van der Waals surface area contributed by atoms with Gasteiger partial charge in [-0.2, -0.15) is 0 Å². The van der Waals surface area contributed by atoms with Gasteiger partial charge in [0.15, 0.2) is 0 Å². The van der Waals surface area contributed by atoms with Crippen LogP contribution in [0.2, 0.25) is 0 Å². The summed E-state index contributed by atoms with van der Waals surface area (Å²) in [5.74, 6) is 0.634. The Balaban J connectivity index is 1.94. The van der Waals surface area contributed by atoms with Crippen LogP contribution in [-0.4, -0.2) is 61.1 Å². The minimum absolute atomic E-state index is 0.0652. The van der Waals surface area contributed by atoms with E-state index >= 15 is 4.39 Å². The smallest absolute Gasteiger partial charge is 0.407 e.